The number of likely N-dealkylation sites (tertiary alicyclic amines) is 1. The van der Waals surface area contributed by atoms with E-state index in [1.807, 2.05) is 20.9 Å². The van der Waals surface area contributed by atoms with E-state index in [0.717, 1.165) is 16.7 Å². The molecule has 0 saturated carbocycles. The molecule has 7 nitrogen and oxygen atoms in total. The standard InChI is InChI=1S/C16H20N4O3/c1-9-4-5-11(16(22)23)8-20(9)15(21)12-6-13-10(2)18-19(3)14(13)17-7-12/h6-7,9,11H,4-5,8H2,1-3H3,(H,22,23)/t9-,11-/m1/s1. The summed E-state index contributed by atoms with van der Waals surface area (Å²) in [4.78, 5) is 30.0. The third kappa shape index (κ3) is 2.67. The first-order chi connectivity index (χ1) is 10.9. The molecule has 1 amide bonds. The van der Waals surface area contributed by atoms with Gasteiger partial charge in [-0.2, -0.15) is 5.10 Å². The molecule has 7 heteroatoms. The first-order valence-electron chi connectivity index (χ1n) is 7.71. The van der Waals surface area contributed by atoms with Crippen molar-refractivity contribution in [1.29, 1.82) is 0 Å². The zero-order valence-corrected chi connectivity index (χ0v) is 13.5. The molecule has 3 heterocycles. The van der Waals surface area contributed by atoms with E-state index in [1.165, 1.54) is 0 Å². The molecule has 1 N–H and O–H groups in total. The summed E-state index contributed by atoms with van der Waals surface area (Å²) in [5.41, 5.74) is 2.03. The summed E-state index contributed by atoms with van der Waals surface area (Å²) in [5.74, 6) is -1.50. The molecule has 0 bridgehead atoms. The Hall–Kier alpha value is -2.44. The number of rotatable bonds is 2. The largest absolute Gasteiger partial charge is 0.481 e. The Morgan fingerprint density at radius 2 is 2.09 bits per heavy atom. The second-order valence-corrected chi connectivity index (χ2v) is 6.22. The molecule has 0 radical (unpaired) electrons. The van der Waals surface area contributed by atoms with Crippen molar-refractivity contribution in [2.45, 2.75) is 32.7 Å². The highest BCUT2D eigenvalue weighted by atomic mass is 16.4. The number of carbonyl (C=O) groups is 2. The summed E-state index contributed by atoms with van der Waals surface area (Å²) in [5, 5.41) is 14.4. The van der Waals surface area contributed by atoms with Gasteiger partial charge in [0.1, 0.15) is 0 Å². The van der Waals surface area contributed by atoms with Crippen molar-refractivity contribution >= 4 is 22.9 Å². The van der Waals surface area contributed by atoms with Crippen LogP contribution in [0.2, 0.25) is 0 Å². The molecule has 2 aromatic rings. The monoisotopic (exact) mass is 316 g/mol. The van der Waals surface area contributed by atoms with Crippen molar-refractivity contribution < 1.29 is 14.7 Å². The Kier molecular flexibility index (Phi) is 3.79. The Bertz CT molecular complexity index is 783. The highest BCUT2D eigenvalue weighted by Gasteiger charge is 2.33. The average Bonchev–Trinajstić information content (AvgIpc) is 2.81. The first kappa shape index (κ1) is 15.5. The lowest BCUT2D eigenvalue weighted by Gasteiger charge is -2.36. The molecule has 3 rings (SSSR count). The third-order valence-electron chi connectivity index (χ3n) is 4.60. The van der Waals surface area contributed by atoms with Gasteiger partial charge in [0.2, 0.25) is 0 Å². The van der Waals surface area contributed by atoms with E-state index in [1.54, 1.807) is 21.8 Å². The molecule has 0 spiro atoms. The van der Waals surface area contributed by atoms with Crippen LogP contribution >= 0.6 is 0 Å². The molecule has 1 aliphatic heterocycles. The fourth-order valence-electron chi connectivity index (χ4n) is 3.18. The minimum atomic E-state index is -0.841. The van der Waals surface area contributed by atoms with Crippen LogP contribution in [0.4, 0.5) is 0 Å². The second kappa shape index (κ2) is 5.64. The number of piperidine rings is 1. The van der Waals surface area contributed by atoms with Gasteiger partial charge in [-0.15, -0.1) is 0 Å². The molecule has 2 aromatic heterocycles. The van der Waals surface area contributed by atoms with Crippen molar-refractivity contribution in [2.75, 3.05) is 6.54 Å². The van der Waals surface area contributed by atoms with Crippen LogP contribution in [-0.2, 0) is 11.8 Å². The predicted octanol–water partition coefficient (Wildman–Crippen LogP) is 1.60. The van der Waals surface area contributed by atoms with Crippen molar-refractivity contribution in [1.82, 2.24) is 19.7 Å². The fourth-order valence-corrected chi connectivity index (χ4v) is 3.18. The van der Waals surface area contributed by atoms with Gasteiger partial charge < -0.3 is 10.0 Å². The molecular formula is C16H20N4O3. The number of nitrogens with zero attached hydrogens (tertiary/aromatic N) is 4. The van der Waals surface area contributed by atoms with Gasteiger partial charge >= 0.3 is 5.97 Å². The lowest BCUT2D eigenvalue weighted by atomic mass is 9.93. The Labute approximate surface area is 133 Å². The summed E-state index contributed by atoms with van der Waals surface area (Å²) in [7, 11) is 1.81. The number of carbonyl (C=O) groups excluding carboxylic acids is 1. The number of amides is 1. The topological polar surface area (TPSA) is 88.3 Å². The number of hydrogen-bond donors (Lipinski definition) is 1. The number of fused-ring (bicyclic) bond motifs is 1. The summed E-state index contributed by atoms with van der Waals surface area (Å²) in [6.07, 6.45) is 2.85. The van der Waals surface area contributed by atoms with Gasteiger partial charge in [-0.25, -0.2) is 4.98 Å². The quantitative estimate of drug-likeness (QED) is 0.909. The van der Waals surface area contributed by atoms with Gasteiger partial charge in [0.05, 0.1) is 17.2 Å². The second-order valence-electron chi connectivity index (χ2n) is 6.22. The maximum atomic E-state index is 12.8. The number of hydrogen-bond acceptors (Lipinski definition) is 4. The van der Waals surface area contributed by atoms with E-state index >= 15 is 0 Å². The van der Waals surface area contributed by atoms with E-state index in [4.69, 9.17) is 0 Å². The maximum absolute atomic E-state index is 12.8. The van der Waals surface area contributed by atoms with Gasteiger partial charge in [0.15, 0.2) is 5.65 Å². The van der Waals surface area contributed by atoms with Gasteiger partial charge in [-0.1, -0.05) is 0 Å². The lowest BCUT2D eigenvalue weighted by Crippen LogP contribution is -2.47. The maximum Gasteiger partial charge on any atom is 0.308 e. The van der Waals surface area contributed by atoms with Crippen LogP contribution in [0.1, 0.15) is 35.8 Å². The van der Waals surface area contributed by atoms with E-state index in [9.17, 15) is 14.7 Å². The number of pyridine rings is 1. The SMILES string of the molecule is Cc1nn(C)c2ncc(C(=O)N3C[C@H](C(=O)O)CC[C@H]3C)cc12. The van der Waals surface area contributed by atoms with Crippen LogP contribution in [0.3, 0.4) is 0 Å². The fraction of sp³-hybridized carbons (Fsp3) is 0.500. The minimum absolute atomic E-state index is 0.0313. The number of aryl methyl sites for hydroxylation is 2. The van der Waals surface area contributed by atoms with Gasteiger partial charge in [0, 0.05) is 31.2 Å². The molecule has 122 valence electrons. The normalized spacial score (nSPS) is 21.6. The molecule has 2 atom stereocenters. The van der Waals surface area contributed by atoms with E-state index < -0.39 is 11.9 Å². The number of aromatic nitrogens is 3. The van der Waals surface area contributed by atoms with Crippen LogP contribution < -0.4 is 0 Å². The Balaban J connectivity index is 1.92. The summed E-state index contributed by atoms with van der Waals surface area (Å²) in [6, 6.07) is 1.83. The van der Waals surface area contributed by atoms with Crippen molar-refractivity contribution in [2.24, 2.45) is 13.0 Å². The predicted molar refractivity (Wildman–Crippen MR) is 84.1 cm³/mol. The zero-order chi connectivity index (χ0) is 16.7. The first-order valence-corrected chi connectivity index (χ1v) is 7.71. The highest BCUT2D eigenvalue weighted by Crippen LogP contribution is 2.25. The van der Waals surface area contributed by atoms with Gasteiger partial charge in [-0.05, 0) is 32.8 Å². The van der Waals surface area contributed by atoms with E-state index in [-0.39, 0.29) is 18.5 Å². The van der Waals surface area contributed by atoms with Gasteiger partial charge in [0.25, 0.3) is 5.91 Å². The molecule has 1 aliphatic rings. The molecule has 23 heavy (non-hydrogen) atoms. The van der Waals surface area contributed by atoms with Crippen LogP contribution in [0, 0.1) is 12.8 Å². The lowest BCUT2D eigenvalue weighted by molar-refractivity contribution is -0.143. The molecule has 0 aromatic carbocycles. The number of carboxylic acid groups (broad SMARTS) is 1. The molecular weight excluding hydrogens is 296 g/mol. The summed E-state index contributed by atoms with van der Waals surface area (Å²) < 4.78 is 1.68. The number of carboxylic acids is 1. The Morgan fingerprint density at radius 3 is 2.78 bits per heavy atom. The van der Waals surface area contributed by atoms with Crippen LogP contribution in [0.15, 0.2) is 12.3 Å². The summed E-state index contributed by atoms with van der Waals surface area (Å²) in [6.45, 7) is 4.08. The highest BCUT2D eigenvalue weighted by molar-refractivity contribution is 5.97. The molecule has 1 saturated heterocycles. The molecule has 0 unspecified atom stereocenters. The van der Waals surface area contributed by atoms with Crippen molar-refractivity contribution in [3.63, 3.8) is 0 Å². The third-order valence-corrected chi connectivity index (χ3v) is 4.60. The molecule has 1 fully saturated rings. The van der Waals surface area contributed by atoms with Crippen molar-refractivity contribution in [3.8, 4) is 0 Å². The zero-order valence-electron chi connectivity index (χ0n) is 13.5. The van der Waals surface area contributed by atoms with Gasteiger partial charge in [-0.3, -0.25) is 14.3 Å². The molecule has 0 aliphatic carbocycles. The minimum Gasteiger partial charge on any atom is -0.481 e. The average molecular weight is 316 g/mol. The smallest absolute Gasteiger partial charge is 0.308 e. The Morgan fingerprint density at radius 1 is 1.35 bits per heavy atom. The van der Waals surface area contributed by atoms with Crippen LogP contribution in [0.25, 0.3) is 11.0 Å². The van der Waals surface area contributed by atoms with Crippen molar-refractivity contribution in [3.05, 3.63) is 23.5 Å². The van der Waals surface area contributed by atoms with E-state index in [0.29, 0.717) is 18.4 Å². The van der Waals surface area contributed by atoms with Crippen LogP contribution in [0.5, 0.6) is 0 Å². The van der Waals surface area contributed by atoms with E-state index in [2.05, 4.69) is 10.1 Å². The van der Waals surface area contributed by atoms with Crippen LogP contribution in [-0.4, -0.2) is 49.2 Å². The number of aliphatic carboxylic acids is 1. The summed E-state index contributed by atoms with van der Waals surface area (Å²) >= 11 is 0.